The monoisotopic (exact) mass is 585 g/mol. The van der Waals surface area contributed by atoms with Crippen LogP contribution in [0.4, 0.5) is 13.2 Å². The number of hydrogen-bond donors (Lipinski definition) is 1. The van der Waals surface area contributed by atoms with E-state index in [9.17, 15) is 18.4 Å². The third-order valence-electron chi connectivity index (χ3n) is 9.51. The predicted octanol–water partition coefficient (Wildman–Crippen LogP) is 5.60. The number of rotatable bonds is 7. The van der Waals surface area contributed by atoms with Crippen LogP contribution in [0.3, 0.4) is 0 Å². The van der Waals surface area contributed by atoms with Crippen molar-refractivity contribution in [2.45, 2.75) is 76.8 Å². The Bertz CT molecular complexity index is 1290. The van der Waals surface area contributed by atoms with Crippen LogP contribution in [0.15, 0.2) is 30.3 Å². The Labute approximate surface area is 246 Å². The van der Waals surface area contributed by atoms with Gasteiger partial charge in [0.2, 0.25) is 11.8 Å². The van der Waals surface area contributed by atoms with Crippen LogP contribution in [0.25, 0.3) is 0 Å². The smallest absolute Gasteiger partial charge is 0.227 e. The molecule has 3 aliphatic rings. The zero-order chi connectivity index (χ0) is 30.0. The number of ether oxygens (including phenoxy) is 1. The lowest BCUT2D eigenvalue weighted by molar-refractivity contribution is -0.136. The first-order valence-corrected chi connectivity index (χ1v) is 15.3. The maximum atomic E-state index is 15.0. The standard InChI is InChI=1S/C33H42F3N3O3/c1-4-32(37-21(3)40)27-15-20(2)30(35)17-26(27)22-7-11-38(12-8-22)33(41)29-19-39(24-9-13-42-14-10-24)18-28(29)25-6-5-23(34)16-31(25)36/h5-6,15-17,22,24,28-29,32H,4,7-14,18-19H2,1-3H3,(H,37,40)/t28?,29?,32-/m0/s1. The summed E-state index contributed by atoms with van der Waals surface area (Å²) in [7, 11) is 0. The van der Waals surface area contributed by atoms with Gasteiger partial charge in [0.25, 0.3) is 0 Å². The molecule has 3 fully saturated rings. The van der Waals surface area contributed by atoms with E-state index in [0.29, 0.717) is 69.8 Å². The van der Waals surface area contributed by atoms with Gasteiger partial charge in [0, 0.05) is 64.3 Å². The lowest BCUT2D eigenvalue weighted by Gasteiger charge is -2.36. The molecular weight excluding hydrogens is 543 g/mol. The van der Waals surface area contributed by atoms with E-state index in [0.717, 1.165) is 30.0 Å². The molecule has 2 aromatic carbocycles. The number of nitrogens with zero attached hydrogens (tertiary/aromatic N) is 2. The van der Waals surface area contributed by atoms with Gasteiger partial charge >= 0.3 is 0 Å². The molecule has 228 valence electrons. The molecular formula is C33H42F3N3O3. The number of carbonyl (C=O) groups excluding carboxylic acids is 2. The second-order valence-corrected chi connectivity index (χ2v) is 12.2. The molecule has 0 spiro atoms. The summed E-state index contributed by atoms with van der Waals surface area (Å²) in [5.74, 6) is -2.38. The lowest BCUT2D eigenvalue weighted by Crippen LogP contribution is -2.44. The van der Waals surface area contributed by atoms with Crippen molar-refractivity contribution in [1.82, 2.24) is 15.1 Å². The fourth-order valence-electron chi connectivity index (χ4n) is 7.22. The summed E-state index contributed by atoms with van der Waals surface area (Å²) in [6.07, 6.45) is 3.77. The Morgan fingerprint density at radius 1 is 0.976 bits per heavy atom. The van der Waals surface area contributed by atoms with Crippen molar-refractivity contribution in [3.63, 3.8) is 0 Å². The molecule has 9 heteroatoms. The van der Waals surface area contributed by atoms with Crippen LogP contribution in [0.5, 0.6) is 0 Å². The van der Waals surface area contributed by atoms with Gasteiger partial charge in [-0.1, -0.05) is 19.1 Å². The molecule has 2 unspecified atom stereocenters. The summed E-state index contributed by atoms with van der Waals surface area (Å²) < 4.78 is 49.1. The van der Waals surface area contributed by atoms with E-state index in [4.69, 9.17) is 4.74 Å². The van der Waals surface area contributed by atoms with Gasteiger partial charge in [-0.3, -0.25) is 14.5 Å². The number of benzene rings is 2. The van der Waals surface area contributed by atoms with Crippen LogP contribution in [-0.2, 0) is 14.3 Å². The summed E-state index contributed by atoms with van der Waals surface area (Å²) in [6, 6.07) is 7.18. The fourth-order valence-corrected chi connectivity index (χ4v) is 7.22. The van der Waals surface area contributed by atoms with E-state index in [1.165, 1.54) is 19.1 Å². The third kappa shape index (κ3) is 6.52. The summed E-state index contributed by atoms with van der Waals surface area (Å²) in [5.41, 5.74) is 2.76. The van der Waals surface area contributed by atoms with Gasteiger partial charge in [0.1, 0.15) is 17.5 Å². The Morgan fingerprint density at radius 3 is 2.33 bits per heavy atom. The second-order valence-electron chi connectivity index (χ2n) is 12.2. The fraction of sp³-hybridized carbons (Fsp3) is 0.576. The molecule has 2 amide bonds. The number of amides is 2. The highest BCUT2D eigenvalue weighted by molar-refractivity contribution is 5.81. The molecule has 1 N–H and O–H groups in total. The zero-order valence-electron chi connectivity index (χ0n) is 24.8. The number of nitrogens with one attached hydrogen (secondary N) is 1. The van der Waals surface area contributed by atoms with Crippen molar-refractivity contribution in [3.8, 4) is 0 Å². The normalized spacial score (nSPS) is 23.2. The van der Waals surface area contributed by atoms with Gasteiger partial charge in [0.15, 0.2) is 0 Å². The minimum absolute atomic E-state index is 0.00303. The average Bonchev–Trinajstić information content (AvgIpc) is 3.42. The van der Waals surface area contributed by atoms with Crippen LogP contribution < -0.4 is 5.32 Å². The summed E-state index contributed by atoms with van der Waals surface area (Å²) in [4.78, 5) is 30.1. The molecule has 0 saturated carbocycles. The molecule has 3 heterocycles. The number of piperidine rings is 1. The number of aryl methyl sites for hydroxylation is 1. The van der Waals surface area contributed by atoms with Gasteiger partial charge in [-0.05, 0) is 79.3 Å². The van der Waals surface area contributed by atoms with Crippen LogP contribution in [0.1, 0.15) is 86.1 Å². The second kappa shape index (κ2) is 13.2. The summed E-state index contributed by atoms with van der Waals surface area (Å²) >= 11 is 0. The highest BCUT2D eigenvalue weighted by Crippen LogP contribution is 2.40. The quantitative estimate of drug-likeness (QED) is 0.460. The minimum atomic E-state index is -0.629. The van der Waals surface area contributed by atoms with Crippen molar-refractivity contribution >= 4 is 11.8 Å². The third-order valence-corrected chi connectivity index (χ3v) is 9.51. The maximum Gasteiger partial charge on any atom is 0.227 e. The molecule has 42 heavy (non-hydrogen) atoms. The first kappa shape index (κ1) is 30.5. The van der Waals surface area contributed by atoms with Crippen molar-refractivity contribution in [3.05, 3.63) is 70.0 Å². The molecule has 3 aliphatic heterocycles. The largest absolute Gasteiger partial charge is 0.381 e. The topological polar surface area (TPSA) is 61.9 Å². The Balaban J connectivity index is 1.34. The van der Waals surface area contributed by atoms with Crippen molar-refractivity contribution in [2.75, 3.05) is 39.4 Å². The number of hydrogen-bond acceptors (Lipinski definition) is 4. The van der Waals surface area contributed by atoms with Crippen molar-refractivity contribution in [1.29, 1.82) is 0 Å². The summed E-state index contributed by atoms with van der Waals surface area (Å²) in [5, 5.41) is 3.00. The van der Waals surface area contributed by atoms with Crippen molar-refractivity contribution < 1.29 is 27.5 Å². The van der Waals surface area contributed by atoms with E-state index in [-0.39, 0.29) is 41.6 Å². The molecule has 3 atom stereocenters. The molecule has 0 aliphatic carbocycles. The van der Waals surface area contributed by atoms with Crippen molar-refractivity contribution in [2.24, 2.45) is 5.92 Å². The maximum absolute atomic E-state index is 15.0. The van der Waals surface area contributed by atoms with Crippen LogP contribution in [0.2, 0.25) is 0 Å². The van der Waals surface area contributed by atoms with E-state index < -0.39 is 17.6 Å². The highest BCUT2D eigenvalue weighted by Gasteiger charge is 2.44. The number of likely N-dealkylation sites (tertiary alicyclic amines) is 2. The first-order valence-electron chi connectivity index (χ1n) is 15.3. The molecule has 2 aromatic rings. The van der Waals surface area contributed by atoms with E-state index in [2.05, 4.69) is 10.2 Å². The number of carbonyl (C=O) groups is 2. The van der Waals surface area contributed by atoms with Crippen LogP contribution in [0, 0.1) is 30.3 Å². The molecule has 0 bridgehead atoms. The molecule has 0 radical (unpaired) electrons. The Hall–Kier alpha value is -2.91. The number of halogens is 3. The molecule has 3 saturated heterocycles. The zero-order valence-corrected chi connectivity index (χ0v) is 24.8. The minimum Gasteiger partial charge on any atom is -0.381 e. The average molecular weight is 586 g/mol. The van der Waals surface area contributed by atoms with E-state index in [1.807, 2.05) is 17.9 Å². The van der Waals surface area contributed by atoms with Gasteiger partial charge in [-0.2, -0.15) is 0 Å². The summed E-state index contributed by atoms with van der Waals surface area (Å²) in [6.45, 7) is 8.67. The van der Waals surface area contributed by atoms with Gasteiger partial charge in [-0.25, -0.2) is 13.2 Å². The Kier molecular flexibility index (Phi) is 9.57. The lowest BCUT2D eigenvalue weighted by atomic mass is 9.82. The van der Waals surface area contributed by atoms with E-state index >= 15 is 4.39 Å². The molecule has 5 rings (SSSR count). The van der Waals surface area contributed by atoms with Gasteiger partial charge < -0.3 is 15.0 Å². The molecule has 0 aromatic heterocycles. The van der Waals surface area contributed by atoms with E-state index in [1.54, 1.807) is 13.0 Å². The van der Waals surface area contributed by atoms with Gasteiger partial charge in [0.05, 0.1) is 12.0 Å². The predicted molar refractivity (Wildman–Crippen MR) is 155 cm³/mol. The first-order chi connectivity index (χ1) is 20.2. The van der Waals surface area contributed by atoms with Gasteiger partial charge in [-0.15, -0.1) is 0 Å². The highest BCUT2D eigenvalue weighted by atomic mass is 19.1. The Morgan fingerprint density at radius 2 is 1.69 bits per heavy atom. The SMILES string of the molecule is CC[C@H](NC(C)=O)c1cc(C)c(F)cc1C1CCN(C(=O)C2CN(C3CCOCC3)CC2c2ccc(F)cc2F)CC1. The van der Waals surface area contributed by atoms with Crippen LogP contribution >= 0.6 is 0 Å². The van der Waals surface area contributed by atoms with Crippen LogP contribution in [-0.4, -0.2) is 67.0 Å². The molecule has 6 nitrogen and oxygen atoms in total.